The fourth-order valence-electron chi connectivity index (χ4n) is 5.15. The van der Waals surface area contributed by atoms with Crippen molar-refractivity contribution < 1.29 is 4.79 Å². The molecule has 0 saturated heterocycles. The third-order valence-corrected chi connectivity index (χ3v) is 8.48. The Morgan fingerprint density at radius 3 is 2.92 bits per heavy atom. The number of benzene rings is 1. The maximum absolute atomic E-state index is 13.0. The van der Waals surface area contributed by atoms with E-state index >= 15 is 0 Å². The third-order valence-electron chi connectivity index (χ3n) is 7.24. The number of aromatic nitrogens is 5. The minimum Gasteiger partial charge on any atom is -0.370 e. The fraction of sp³-hybridized carbons (Fsp3) is 0.310. The van der Waals surface area contributed by atoms with E-state index < -0.39 is 0 Å². The van der Waals surface area contributed by atoms with Gasteiger partial charge in [-0.3, -0.25) is 9.48 Å². The van der Waals surface area contributed by atoms with Crippen molar-refractivity contribution in [1.29, 1.82) is 0 Å². The van der Waals surface area contributed by atoms with Gasteiger partial charge in [0.2, 0.25) is 5.95 Å². The Morgan fingerprint density at radius 1 is 1.23 bits per heavy atom. The van der Waals surface area contributed by atoms with Crippen LogP contribution in [0.15, 0.2) is 55.0 Å². The number of H-pyrrole nitrogens is 1. The molecule has 4 aromatic heterocycles. The lowest BCUT2D eigenvalue weighted by atomic mass is 10.1. The van der Waals surface area contributed by atoms with E-state index in [2.05, 4.69) is 56.8 Å². The number of hydrogen-bond donors (Lipinski definition) is 3. The topological polar surface area (TPSA) is 107 Å². The Hall–Kier alpha value is -4.22. The number of aromatic amines is 1. The Morgan fingerprint density at radius 2 is 2.12 bits per heavy atom. The molecule has 0 aliphatic carbocycles. The maximum atomic E-state index is 13.0. The van der Waals surface area contributed by atoms with Crippen LogP contribution in [0.3, 0.4) is 0 Å². The van der Waals surface area contributed by atoms with Crippen LogP contribution in [0.4, 0.5) is 17.3 Å². The van der Waals surface area contributed by atoms with E-state index in [1.165, 1.54) is 10.4 Å². The van der Waals surface area contributed by atoms with Crippen molar-refractivity contribution in [1.82, 2.24) is 34.9 Å². The predicted octanol–water partition coefficient (Wildman–Crippen LogP) is 4.41. The highest BCUT2D eigenvalue weighted by Crippen LogP contribution is 2.37. The van der Waals surface area contributed by atoms with Crippen molar-refractivity contribution in [2.24, 2.45) is 7.05 Å². The van der Waals surface area contributed by atoms with Crippen molar-refractivity contribution in [3.63, 3.8) is 0 Å². The molecular formula is C29H33N9OS. The fourth-order valence-corrected chi connectivity index (χ4v) is 6.32. The molecule has 1 aromatic carbocycles. The number of hydrogen-bond acceptors (Lipinski definition) is 8. The first-order chi connectivity index (χ1) is 19.5. The molecular weight excluding hydrogens is 522 g/mol. The highest BCUT2D eigenvalue weighted by molar-refractivity contribution is 7.15. The second-order valence-electron chi connectivity index (χ2n) is 9.93. The third kappa shape index (κ3) is 5.17. The molecule has 0 atom stereocenters. The highest BCUT2D eigenvalue weighted by Gasteiger charge is 2.26. The molecule has 6 rings (SSSR count). The lowest BCUT2D eigenvalue weighted by Crippen LogP contribution is -2.35. The summed E-state index contributed by atoms with van der Waals surface area (Å²) in [4.78, 5) is 32.6. The second-order valence-corrected chi connectivity index (χ2v) is 11.1. The molecule has 206 valence electrons. The molecule has 10 nitrogen and oxygen atoms in total. The van der Waals surface area contributed by atoms with Crippen LogP contribution in [0, 0.1) is 0 Å². The molecule has 1 aliphatic rings. The summed E-state index contributed by atoms with van der Waals surface area (Å²) in [5, 5.41) is 11.8. The molecule has 11 heteroatoms. The number of aryl methyl sites for hydroxylation is 1. The van der Waals surface area contributed by atoms with Gasteiger partial charge in [-0.1, -0.05) is 6.07 Å². The Bertz CT molecular complexity index is 1650. The molecule has 0 fully saturated rings. The summed E-state index contributed by atoms with van der Waals surface area (Å²) in [5.41, 5.74) is 5.56. The first kappa shape index (κ1) is 26.0. The maximum Gasteiger partial charge on any atom is 0.257 e. The average Bonchev–Trinajstić information content (AvgIpc) is 3.72. The SMILES string of the molecule is CCN(CCNC)c1cccc(Nc2nc(-c3cc4c(s3)CCN(C(=O)c3cnn(C)c3)C4)c3cc[nH]c3n2)c1. The van der Waals surface area contributed by atoms with Gasteiger partial charge < -0.3 is 25.4 Å². The van der Waals surface area contributed by atoms with Crippen LogP contribution in [0.2, 0.25) is 0 Å². The van der Waals surface area contributed by atoms with Crippen molar-refractivity contribution in [3.8, 4) is 10.6 Å². The van der Waals surface area contributed by atoms with Crippen LogP contribution in [0.25, 0.3) is 21.6 Å². The van der Waals surface area contributed by atoms with E-state index in [0.717, 1.165) is 59.0 Å². The molecule has 0 unspecified atom stereocenters. The number of likely N-dealkylation sites (N-methyl/N-ethyl adjacent to an activating group) is 2. The number of amides is 1. The van der Waals surface area contributed by atoms with Gasteiger partial charge in [0.25, 0.3) is 5.91 Å². The van der Waals surface area contributed by atoms with Crippen molar-refractivity contribution >= 4 is 45.6 Å². The molecule has 0 bridgehead atoms. The van der Waals surface area contributed by atoms with E-state index in [9.17, 15) is 4.79 Å². The van der Waals surface area contributed by atoms with Gasteiger partial charge in [-0.2, -0.15) is 10.1 Å². The van der Waals surface area contributed by atoms with Crippen LogP contribution < -0.4 is 15.5 Å². The molecule has 1 aliphatic heterocycles. The molecule has 40 heavy (non-hydrogen) atoms. The van der Waals surface area contributed by atoms with Gasteiger partial charge in [-0.25, -0.2) is 4.98 Å². The summed E-state index contributed by atoms with van der Waals surface area (Å²) >= 11 is 1.75. The van der Waals surface area contributed by atoms with Gasteiger partial charge in [0, 0.05) is 73.8 Å². The first-order valence-electron chi connectivity index (χ1n) is 13.5. The standard InChI is InChI=1S/C29H33N9OS/c1-4-37(13-11-30-2)22-7-5-6-21(15-22)33-29-34-26(23-8-10-31-27(23)35-29)25-14-19-18-38(12-9-24(19)40-25)28(39)20-16-32-36(3)17-20/h5-8,10,14-17,30H,4,9,11-13,18H2,1-3H3,(H2,31,33,34,35). The lowest BCUT2D eigenvalue weighted by molar-refractivity contribution is 0.0736. The molecule has 0 saturated carbocycles. The first-order valence-corrected chi connectivity index (χ1v) is 14.4. The number of rotatable bonds is 9. The van der Waals surface area contributed by atoms with E-state index in [-0.39, 0.29) is 5.91 Å². The Balaban J connectivity index is 1.27. The van der Waals surface area contributed by atoms with Crippen LogP contribution >= 0.6 is 11.3 Å². The average molecular weight is 556 g/mol. The quantitative estimate of drug-likeness (QED) is 0.247. The largest absolute Gasteiger partial charge is 0.370 e. The van der Waals surface area contributed by atoms with Crippen molar-refractivity contribution in [3.05, 3.63) is 71.0 Å². The predicted molar refractivity (Wildman–Crippen MR) is 160 cm³/mol. The molecule has 5 heterocycles. The lowest BCUT2D eigenvalue weighted by Gasteiger charge is -2.26. The number of carbonyl (C=O) groups is 1. The van der Waals surface area contributed by atoms with Gasteiger partial charge in [0.15, 0.2) is 0 Å². The van der Waals surface area contributed by atoms with Gasteiger partial charge >= 0.3 is 0 Å². The minimum atomic E-state index is 0.0165. The number of thiophene rings is 1. The molecule has 5 aromatic rings. The Kier molecular flexibility index (Phi) is 7.23. The van der Waals surface area contributed by atoms with Crippen LogP contribution in [0.5, 0.6) is 0 Å². The molecule has 1 amide bonds. The van der Waals surface area contributed by atoms with Crippen molar-refractivity contribution in [2.45, 2.75) is 19.9 Å². The summed E-state index contributed by atoms with van der Waals surface area (Å²) in [6, 6.07) is 12.6. The van der Waals surface area contributed by atoms with Crippen LogP contribution in [0.1, 0.15) is 27.7 Å². The van der Waals surface area contributed by atoms with Gasteiger partial charge in [0.05, 0.1) is 22.3 Å². The minimum absolute atomic E-state index is 0.0165. The molecule has 3 N–H and O–H groups in total. The van der Waals surface area contributed by atoms with Gasteiger partial charge in [0.1, 0.15) is 5.65 Å². The summed E-state index contributed by atoms with van der Waals surface area (Å²) in [6.07, 6.45) is 6.13. The monoisotopic (exact) mass is 555 g/mol. The van der Waals surface area contributed by atoms with Gasteiger partial charge in [-0.05, 0) is 56.3 Å². The van der Waals surface area contributed by atoms with E-state index in [1.54, 1.807) is 28.4 Å². The van der Waals surface area contributed by atoms with E-state index in [0.29, 0.717) is 24.6 Å². The normalized spacial score (nSPS) is 13.0. The smallest absolute Gasteiger partial charge is 0.257 e. The highest BCUT2D eigenvalue weighted by atomic mass is 32.1. The van der Waals surface area contributed by atoms with Crippen LogP contribution in [-0.4, -0.2) is 68.8 Å². The number of anilines is 3. The van der Waals surface area contributed by atoms with Crippen molar-refractivity contribution in [2.75, 3.05) is 43.4 Å². The number of fused-ring (bicyclic) bond motifs is 2. The Labute approximate surface area is 237 Å². The van der Waals surface area contributed by atoms with E-state index in [1.807, 2.05) is 37.3 Å². The second kappa shape index (κ2) is 11.1. The zero-order chi connectivity index (χ0) is 27.6. The zero-order valence-electron chi connectivity index (χ0n) is 22.9. The summed E-state index contributed by atoms with van der Waals surface area (Å²) < 4.78 is 1.66. The number of nitrogens with zero attached hydrogens (tertiary/aromatic N) is 6. The zero-order valence-corrected chi connectivity index (χ0v) is 23.8. The van der Waals surface area contributed by atoms with Gasteiger partial charge in [-0.15, -0.1) is 11.3 Å². The number of nitrogens with one attached hydrogen (secondary N) is 3. The van der Waals surface area contributed by atoms with E-state index in [4.69, 9.17) is 9.97 Å². The summed E-state index contributed by atoms with van der Waals surface area (Å²) in [7, 11) is 3.80. The summed E-state index contributed by atoms with van der Waals surface area (Å²) in [5.74, 6) is 0.558. The van der Waals surface area contributed by atoms with Crippen LogP contribution in [-0.2, 0) is 20.0 Å². The molecule has 0 radical (unpaired) electrons. The molecule has 0 spiro atoms. The summed E-state index contributed by atoms with van der Waals surface area (Å²) in [6.45, 7) is 6.21. The number of carbonyl (C=O) groups excluding carboxylic acids is 1.